The summed E-state index contributed by atoms with van der Waals surface area (Å²) in [5.74, 6) is -0.293. The minimum absolute atomic E-state index is 0.293. The summed E-state index contributed by atoms with van der Waals surface area (Å²) in [4.78, 5) is 1.03. The van der Waals surface area contributed by atoms with Gasteiger partial charge in [-0.15, -0.1) is 0 Å². The number of hydrogen-bond donors (Lipinski definition) is 1. The Kier molecular flexibility index (Phi) is 4.35. The Balaban J connectivity index is 1.99. The summed E-state index contributed by atoms with van der Waals surface area (Å²) in [6, 6.07) is 20.0. The maximum absolute atomic E-state index is 13.4. The molecule has 0 amide bonds. The Bertz CT molecular complexity index is 866. The molecule has 0 radical (unpaired) electrons. The van der Waals surface area contributed by atoms with E-state index in [0.717, 1.165) is 15.5 Å². The van der Waals surface area contributed by atoms with Crippen molar-refractivity contribution in [2.24, 2.45) is 0 Å². The highest BCUT2D eigenvalue weighted by Gasteiger charge is 2.15. The van der Waals surface area contributed by atoms with Gasteiger partial charge in [-0.1, -0.05) is 42.1 Å². The molecule has 0 aliphatic heterocycles. The van der Waals surface area contributed by atoms with Crippen LogP contribution in [0.1, 0.15) is 11.3 Å². The normalized spacial score (nSPS) is 10.4. The van der Waals surface area contributed by atoms with Crippen molar-refractivity contribution < 1.29 is 4.39 Å². The van der Waals surface area contributed by atoms with Crippen LogP contribution in [0, 0.1) is 17.1 Å². The van der Waals surface area contributed by atoms with Crippen molar-refractivity contribution in [3.63, 3.8) is 0 Å². The third kappa shape index (κ3) is 3.38. The molecule has 114 valence electrons. The lowest BCUT2D eigenvalue weighted by Crippen LogP contribution is -2.04. The van der Waals surface area contributed by atoms with E-state index in [9.17, 15) is 9.65 Å². The first-order chi connectivity index (χ1) is 11.2. The van der Waals surface area contributed by atoms with Gasteiger partial charge in [0.1, 0.15) is 22.6 Å². The van der Waals surface area contributed by atoms with Crippen LogP contribution < -0.4 is 5.73 Å². The molecule has 3 rings (SSSR count). The van der Waals surface area contributed by atoms with Gasteiger partial charge in [0.25, 0.3) is 0 Å². The molecule has 3 aromatic rings. The molecule has 2 aromatic carbocycles. The van der Waals surface area contributed by atoms with Gasteiger partial charge in [-0.25, -0.2) is 4.39 Å². The molecule has 0 spiro atoms. The number of nitrogens with two attached hydrogens (primary N) is 1. The van der Waals surface area contributed by atoms with Gasteiger partial charge in [-0.2, -0.15) is 5.26 Å². The Labute approximate surface area is 138 Å². The lowest BCUT2D eigenvalue weighted by Gasteiger charge is -2.11. The van der Waals surface area contributed by atoms with E-state index in [2.05, 4.69) is 6.07 Å². The highest BCUT2D eigenvalue weighted by molar-refractivity contribution is 7.99. The summed E-state index contributed by atoms with van der Waals surface area (Å²) in [6.07, 6.45) is 0. The number of hydrogen-bond acceptors (Lipinski definition) is 3. The summed E-state index contributed by atoms with van der Waals surface area (Å²) in [5.41, 5.74) is 7.88. The van der Waals surface area contributed by atoms with Gasteiger partial charge in [-0.05, 0) is 35.9 Å². The van der Waals surface area contributed by atoms with Crippen molar-refractivity contribution in [3.05, 3.63) is 77.7 Å². The fourth-order valence-electron chi connectivity index (χ4n) is 2.33. The van der Waals surface area contributed by atoms with Crippen LogP contribution in [-0.2, 0) is 6.54 Å². The Morgan fingerprint density at radius 2 is 1.87 bits per heavy atom. The van der Waals surface area contributed by atoms with E-state index in [1.165, 1.54) is 23.9 Å². The van der Waals surface area contributed by atoms with Crippen molar-refractivity contribution >= 4 is 17.4 Å². The molecule has 0 bridgehead atoms. The summed E-state index contributed by atoms with van der Waals surface area (Å²) in [6.45, 7) is 0.396. The monoisotopic (exact) mass is 323 g/mol. The van der Waals surface area contributed by atoms with E-state index in [1.54, 1.807) is 12.1 Å². The Morgan fingerprint density at radius 3 is 2.57 bits per heavy atom. The molecule has 0 atom stereocenters. The zero-order valence-electron chi connectivity index (χ0n) is 12.2. The number of benzene rings is 2. The fraction of sp³-hybridized carbons (Fsp3) is 0.0556. The first kappa shape index (κ1) is 15.2. The molecule has 5 heteroatoms. The third-order valence-corrected chi connectivity index (χ3v) is 4.53. The van der Waals surface area contributed by atoms with E-state index in [1.807, 2.05) is 41.0 Å². The molecule has 1 aromatic heterocycles. The maximum Gasteiger partial charge on any atom is 0.123 e. The summed E-state index contributed by atoms with van der Waals surface area (Å²) < 4.78 is 15.2. The van der Waals surface area contributed by atoms with Crippen LogP contribution in [-0.4, -0.2) is 4.57 Å². The van der Waals surface area contributed by atoms with Crippen LogP contribution in [0.5, 0.6) is 0 Å². The highest BCUT2D eigenvalue weighted by atomic mass is 32.2. The van der Waals surface area contributed by atoms with Gasteiger partial charge in [0.15, 0.2) is 0 Å². The first-order valence-electron chi connectivity index (χ1n) is 7.04. The molecule has 0 fully saturated rings. The number of halogens is 1. The highest BCUT2D eigenvalue weighted by Crippen LogP contribution is 2.35. The van der Waals surface area contributed by atoms with Crippen molar-refractivity contribution in [1.82, 2.24) is 4.57 Å². The van der Waals surface area contributed by atoms with Gasteiger partial charge in [0, 0.05) is 11.4 Å². The summed E-state index contributed by atoms with van der Waals surface area (Å²) in [7, 11) is 0. The molecular weight excluding hydrogens is 309 g/mol. The minimum Gasteiger partial charge on any atom is -0.397 e. The number of nitrogen functional groups attached to an aromatic ring is 1. The van der Waals surface area contributed by atoms with Gasteiger partial charge < -0.3 is 10.3 Å². The molecule has 0 saturated heterocycles. The van der Waals surface area contributed by atoms with Crippen molar-refractivity contribution in [1.29, 1.82) is 5.26 Å². The second-order valence-corrected chi connectivity index (χ2v) is 6.10. The van der Waals surface area contributed by atoms with Crippen LogP contribution in [0.2, 0.25) is 0 Å². The quantitative estimate of drug-likeness (QED) is 0.779. The smallest absolute Gasteiger partial charge is 0.123 e. The number of anilines is 1. The predicted molar refractivity (Wildman–Crippen MR) is 89.6 cm³/mol. The van der Waals surface area contributed by atoms with Crippen LogP contribution in [0.3, 0.4) is 0 Å². The zero-order valence-corrected chi connectivity index (χ0v) is 13.1. The third-order valence-electron chi connectivity index (χ3n) is 3.38. The second-order valence-electron chi connectivity index (χ2n) is 5.03. The molecule has 0 aliphatic rings. The average molecular weight is 323 g/mol. The topological polar surface area (TPSA) is 54.7 Å². The molecular formula is C18H14FN3S. The minimum atomic E-state index is -0.293. The molecule has 0 saturated carbocycles. The zero-order chi connectivity index (χ0) is 16.2. The lowest BCUT2D eigenvalue weighted by atomic mass is 10.2. The van der Waals surface area contributed by atoms with Crippen molar-refractivity contribution in [2.75, 3.05) is 5.73 Å². The van der Waals surface area contributed by atoms with Crippen molar-refractivity contribution in [2.45, 2.75) is 16.5 Å². The largest absolute Gasteiger partial charge is 0.397 e. The summed E-state index contributed by atoms with van der Waals surface area (Å²) in [5, 5.41) is 10.1. The van der Waals surface area contributed by atoms with E-state index in [0.29, 0.717) is 17.9 Å². The molecule has 2 N–H and O–H groups in total. The van der Waals surface area contributed by atoms with Crippen LogP contribution in [0.25, 0.3) is 0 Å². The average Bonchev–Trinajstić information content (AvgIpc) is 2.84. The number of aromatic nitrogens is 1. The van der Waals surface area contributed by atoms with Gasteiger partial charge in [0.2, 0.25) is 0 Å². The Hall–Kier alpha value is -2.71. The van der Waals surface area contributed by atoms with Crippen LogP contribution in [0.15, 0.2) is 70.6 Å². The molecule has 23 heavy (non-hydrogen) atoms. The lowest BCUT2D eigenvalue weighted by molar-refractivity contribution is 0.621. The van der Waals surface area contributed by atoms with E-state index >= 15 is 0 Å². The molecule has 3 nitrogen and oxygen atoms in total. The van der Waals surface area contributed by atoms with E-state index < -0.39 is 0 Å². The predicted octanol–water partition coefficient (Wildman–Crippen LogP) is 4.28. The van der Waals surface area contributed by atoms with Crippen LogP contribution in [0.4, 0.5) is 10.1 Å². The van der Waals surface area contributed by atoms with Crippen molar-refractivity contribution in [3.8, 4) is 6.07 Å². The van der Waals surface area contributed by atoms with E-state index in [-0.39, 0.29) is 5.82 Å². The summed E-state index contributed by atoms with van der Waals surface area (Å²) >= 11 is 1.49. The number of nitriles is 1. The standard InChI is InChI=1S/C18H14FN3S/c19-14-6-4-5-13(9-14)12-22-15(11-20)10-17(21)18(22)23-16-7-2-1-3-8-16/h1-10H,12,21H2. The molecule has 0 unspecified atom stereocenters. The number of nitrogens with zero attached hydrogens (tertiary/aromatic N) is 2. The SMILES string of the molecule is N#Cc1cc(N)c(Sc2ccccc2)n1Cc1cccc(F)c1. The fourth-order valence-corrected chi connectivity index (χ4v) is 3.30. The number of rotatable bonds is 4. The second kappa shape index (κ2) is 6.59. The maximum atomic E-state index is 13.4. The van der Waals surface area contributed by atoms with Gasteiger partial charge in [0.05, 0.1) is 5.69 Å². The van der Waals surface area contributed by atoms with Gasteiger partial charge in [-0.3, -0.25) is 0 Å². The Morgan fingerprint density at radius 1 is 1.09 bits per heavy atom. The van der Waals surface area contributed by atoms with Gasteiger partial charge >= 0.3 is 0 Å². The molecule has 0 aliphatic carbocycles. The molecule has 1 heterocycles. The van der Waals surface area contributed by atoms with E-state index in [4.69, 9.17) is 5.73 Å². The van der Waals surface area contributed by atoms with Crippen LogP contribution >= 0.6 is 11.8 Å². The first-order valence-corrected chi connectivity index (χ1v) is 7.85.